The lowest BCUT2D eigenvalue weighted by atomic mass is 10.1. The normalized spacial score (nSPS) is 8.75. The van der Waals surface area contributed by atoms with E-state index in [1.54, 1.807) is 17.6 Å². The Kier molecular flexibility index (Phi) is 9.43. The largest absolute Gasteiger partial charge is 0.377 e. The molecule has 0 atom stereocenters. The van der Waals surface area contributed by atoms with Crippen molar-refractivity contribution in [3.63, 3.8) is 0 Å². The number of nitrogens with two attached hydrogens (primary N) is 1. The van der Waals surface area contributed by atoms with Gasteiger partial charge in [-0.1, -0.05) is 5.43 Å². The van der Waals surface area contributed by atoms with E-state index in [1.807, 2.05) is 25.1 Å². The molecule has 1 aromatic carbocycles. The van der Waals surface area contributed by atoms with E-state index in [0.717, 1.165) is 11.3 Å². The smallest absolute Gasteiger partial charge is 0.255 e. The van der Waals surface area contributed by atoms with Gasteiger partial charge in [-0.15, -0.1) is 24.8 Å². The second-order valence-corrected chi connectivity index (χ2v) is 3.81. The Balaban J connectivity index is 0. The monoisotopic (exact) mass is 324 g/mol. The second kappa shape index (κ2) is 9.18. The minimum Gasteiger partial charge on any atom is -0.377 e. The van der Waals surface area contributed by atoms with Crippen LogP contribution in [0.1, 0.15) is 5.56 Å². The van der Waals surface area contributed by atoms with E-state index in [2.05, 4.69) is 5.32 Å². The van der Waals surface area contributed by atoms with Crippen molar-refractivity contribution < 1.29 is 5.03 Å². The molecule has 0 amide bonds. The molecule has 5 N–H and O–H groups in total. The summed E-state index contributed by atoms with van der Waals surface area (Å²) >= 11 is 0. The van der Waals surface area contributed by atoms with E-state index >= 15 is 0 Å². The third-order valence-corrected chi connectivity index (χ3v) is 2.25. The number of nitro groups is 1. The fourth-order valence-electron chi connectivity index (χ4n) is 1.53. The van der Waals surface area contributed by atoms with Crippen molar-refractivity contribution in [1.82, 2.24) is 5.43 Å². The molecule has 20 heavy (non-hydrogen) atoms. The van der Waals surface area contributed by atoms with Crippen molar-refractivity contribution in [3.8, 4) is 0 Å². The maximum absolute atomic E-state index is 10.2. The minimum atomic E-state index is -0.798. The summed E-state index contributed by atoms with van der Waals surface area (Å²) in [5.74, 6) is -0.402. The molecule has 0 unspecified atom stereocenters. The summed E-state index contributed by atoms with van der Waals surface area (Å²) in [5, 5.41) is 19.2. The van der Waals surface area contributed by atoms with Gasteiger partial charge in [-0.2, -0.15) is 0 Å². The van der Waals surface area contributed by atoms with Crippen LogP contribution in [0.2, 0.25) is 0 Å². The summed E-state index contributed by atoms with van der Waals surface area (Å²) in [6.45, 7) is 0.346. The molecule has 1 rings (SSSR count). The number of guanidine groups is 1. The molecule has 0 spiro atoms. The lowest BCUT2D eigenvalue weighted by Crippen LogP contribution is -2.34. The highest BCUT2D eigenvalue weighted by molar-refractivity contribution is 5.90. The highest BCUT2D eigenvalue weighted by atomic mass is 35.5. The van der Waals surface area contributed by atoms with Crippen molar-refractivity contribution in [3.05, 3.63) is 33.9 Å². The Labute approximate surface area is 129 Å². The molecule has 0 aliphatic carbocycles. The van der Waals surface area contributed by atoms with E-state index in [-0.39, 0.29) is 24.8 Å². The van der Waals surface area contributed by atoms with Crippen LogP contribution in [0.5, 0.6) is 0 Å². The number of hydrogen-bond acceptors (Lipinski definition) is 5. The van der Waals surface area contributed by atoms with Gasteiger partial charge in [-0.05, 0) is 23.8 Å². The van der Waals surface area contributed by atoms with Gasteiger partial charge in [0.25, 0.3) is 5.96 Å². The molecule has 0 aromatic heterocycles. The fraction of sp³-hybridized carbons (Fsp3) is 0.300. The van der Waals surface area contributed by atoms with Crippen LogP contribution in [0.15, 0.2) is 18.2 Å². The van der Waals surface area contributed by atoms with E-state index in [9.17, 15) is 10.1 Å². The van der Waals surface area contributed by atoms with Gasteiger partial charge in [-0.3, -0.25) is 5.41 Å². The number of benzene rings is 1. The molecular weight excluding hydrogens is 307 g/mol. The topological polar surface area (TPSA) is 120 Å². The Bertz CT molecular complexity index is 469. The van der Waals surface area contributed by atoms with Crippen LogP contribution in [-0.2, 0) is 6.54 Å². The standard InChI is InChI=1S/C10H16N6O2.2ClH/c1-15(2)9-4-3-8(5-7(9)6-11)13-10(12)14-16(17)18;;/h3-5H,6,11H2,1-2H3,(H3,12,13,14);2*1H. The molecule has 114 valence electrons. The van der Waals surface area contributed by atoms with E-state index in [4.69, 9.17) is 11.1 Å². The molecule has 0 radical (unpaired) electrons. The average Bonchev–Trinajstić information content (AvgIpc) is 2.27. The number of hydrogen-bond donors (Lipinski definition) is 4. The van der Waals surface area contributed by atoms with Crippen LogP contribution in [-0.4, -0.2) is 25.1 Å². The molecule has 10 heteroatoms. The zero-order chi connectivity index (χ0) is 13.7. The summed E-state index contributed by atoms with van der Waals surface area (Å²) in [7, 11) is 3.80. The van der Waals surface area contributed by atoms with Gasteiger partial charge in [0.2, 0.25) is 0 Å². The predicted molar refractivity (Wildman–Crippen MR) is 84.6 cm³/mol. The summed E-state index contributed by atoms with van der Waals surface area (Å²) in [6, 6.07) is 5.32. The van der Waals surface area contributed by atoms with Crippen LogP contribution in [0.3, 0.4) is 0 Å². The molecule has 0 bridgehead atoms. The summed E-state index contributed by atoms with van der Waals surface area (Å²) in [6.07, 6.45) is 0. The van der Waals surface area contributed by atoms with E-state index in [1.165, 1.54) is 0 Å². The average molecular weight is 325 g/mol. The molecule has 8 nitrogen and oxygen atoms in total. The third-order valence-electron chi connectivity index (χ3n) is 2.25. The van der Waals surface area contributed by atoms with Crippen molar-refractivity contribution in [2.45, 2.75) is 6.54 Å². The number of anilines is 2. The molecule has 0 saturated heterocycles. The molecule has 0 aliphatic heterocycles. The summed E-state index contributed by atoms with van der Waals surface area (Å²) in [4.78, 5) is 12.1. The van der Waals surface area contributed by atoms with Crippen LogP contribution in [0, 0.1) is 15.5 Å². The van der Waals surface area contributed by atoms with Crippen LogP contribution in [0.4, 0.5) is 11.4 Å². The van der Waals surface area contributed by atoms with Crippen LogP contribution in [0.25, 0.3) is 0 Å². The number of hydrazine groups is 1. The molecule has 0 heterocycles. The van der Waals surface area contributed by atoms with Gasteiger partial charge in [0.15, 0.2) is 5.03 Å². The Hall–Kier alpha value is -1.77. The summed E-state index contributed by atoms with van der Waals surface area (Å²) in [5.41, 5.74) is 9.78. The number of rotatable bonds is 4. The second-order valence-electron chi connectivity index (χ2n) is 3.81. The van der Waals surface area contributed by atoms with Gasteiger partial charge >= 0.3 is 0 Å². The lowest BCUT2D eigenvalue weighted by molar-refractivity contribution is -0.525. The third kappa shape index (κ3) is 5.91. The minimum absolute atomic E-state index is 0. The number of halogens is 2. The van der Waals surface area contributed by atoms with Crippen molar-refractivity contribution in [2.75, 3.05) is 24.3 Å². The molecule has 1 aromatic rings. The summed E-state index contributed by atoms with van der Waals surface area (Å²) < 4.78 is 0. The van der Waals surface area contributed by atoms with Crippen molar-refractivity contribution in [2.24, 2.45) is 5.73 Å². The number of nitrogens with zero attached hydrogens (tertiary/aromatic N) is 2. The zero-order valence-corrected chi connectivity index (χ0v) is 12.7. The van der Waals surface area contributed by atoms with Crippen molar-refractivity contribution in [1.29, 1.82) is 5.41 Å². The van der Waals surface area contributed by atoms with Crippen molar-refractivity contribution >= 4 is 42.1 Å². The zero-order valence-electron chi connectivity index (χ0n) is 11.0. The SMILES string of the molecule is CN(C)c1ccc(NC(=N)N[N+](=O)[O-])cc1CN.Cl.Cl. The molecular formula is C10H18Cl2N6O2. The first-order valence-electron chi connectivity index (χ1n) is 5.21. The van der Waals surface area contributed by atoms with Gasteiger partial charge in [-0.25, -0.2) is 10.1 Å². The van der Waals surface area contributed by atoms with Gasteiger partial charge in [0, 0.05) is 32.0 Å². The molecule has 0 fully saturated rings. The fourth-order valence-corrected chi connectivity index (χ4v) is 1.53. The first-order valence-corrected chi connectivity index (χ1v) is 5.21. The highest BCUT2D eigenvalue weighted by Crippen LogP contribution is 2.22. The maximum Gasteiger partial charge on any atom is 0.255 e. The first-order chi connectivity index (χ1) is 8.43. The van der Waals surface area contributed by atoms with Gasteiger partial charge < -0.3 is 16.0 Å². The Morgan fingerprint density at radius 1 is 1.45 bits per heavy atom. The van der Waals surface area contributed by atoms with Crippen LogP contribution < -0.4 is 21.4 Å². The molecule has 0 saturated carbocycles. The Morgan fingerprint density at radius 2 is 2.05 bits per heavy atom. The maximum atomic E-state index is 10.2. The first kappa shape index (κ1) is 20.5. The lowest BCUT2D eigenvalue weighted by Gasteiger charge is -2.18. The Morgan fingerprint density at radius 3 is 2.50 bits per heavy atom. The number of nitrogens with one attached hydrogen (secondary N) is 3. The van der Waals surface area contributed by atoms with Crippen LogP contribution >= 0.6 is 24.8 Å². The quantitative estimate of drug-likeness (QED) is 0.286. The molecule has 0 aliphatic rings. The highest BCUT2D eigenvalue weighted by Gasteiger charge is 2.07. The van der Waals surface area contributed by atoms with E-state index in [0.29, 0.717) is 12.2 Å². The van der Waals surface area contributed by atoms with Gasteiger partial charge in [0.1, 0.15) is 0 Å². The predicted octanol–water partition coefficient (Wildman–Crippen LogP) is 1.18. The van der Waals surface area contributed by atoms with E-state index < -0.39 is 11.0 Å². The van der Waals surface area contributed by atoms with Gasteiger partial charge in [0.05, 0.1) is 0 Å².